The van der Waals surface area contributed by atoms with E-state index >= 15 is 0 Å². The number of hydrogen-bond donors (Lipinski definition) is 3. The van der Waals surface area contributed by atoms with Crippen LogP contribution in [0.25, 0.3) is 0 Å². The van der Waals surface area contributed by atoms with Gasteiger partial charge in [-0.2, -0.15) is 0 Å². The zero-order chi connectivity index (χ0) is 18.4. The SMILES string of the molecule is Cl.NC1CCC(NC(=O)C(Cc2ccccc2)NC(=O)c2cccs2)CC1. The molecule has 2 amide bonds. The molecule has 0 radical (unpaired) electrons. The minimum atomic E-state index is -0.595. The van der Waals surface area contributed by atoms with Crippen LogP contribution in [0.5, 0.6) is 0 Å². The second-order valence-electron chi connectivity index (χ2n) is 6.81. The molecule has 4 N–H and O–H groups in total. The summed E-state index contributed by atoms with van der Waals surface area (Å²) in [6.45, 7) is 0. The van der Waals surface area contributed by atoms with Crippen LogP contribution in [0.2, 0.25) is 0 Å². The monoisotopic (exact) mass is 407 g/mol. The average Bonchev–Trinajstić information content (AvgIpc) is 3.19. The number of carbonyl (C=O) groups is 2. The van der Waals surface area contributed by atoms with Crippen LogP contribution < -0.4 is 16.4 Å². The molecule has 3 rings (SSSR count). The van der Waals surface area contributed by atoms with Gasteiger partial charge < -0.3 is 16.4 Å². The minimum absolute atomic E-state index is 0. The summed E-state index contributed by atoms with van der Waals surface area (Å²) in [6.07, 6.45) is 4.11. The number of amides is 2. The molecule has 27 heavy (non-hydrogen) atoms. The zero-order valence-corrected chi connectivity index (χ0v) is 16.7. The van der Waals surface area contributed by atoms with Gasteiger partial charge in [0, 0.05) is 18.5 Å². The van der Waals surface area contributed by atoms with Crippen LogP contribution in [0.15, 0.2) is 47.8 Å². The number of thiophene rings is 1. The molecule has 0 aliphatic heterocycles. The Kier molecular flexibility index (Phi) is 8.28. The first kappa shape index (κ1) is 21.4. The minimum Gasteiger partial charge on any atom is -0.352 e. The van der Waals surface area contributed by atoms with Gasteiger partial charge in [0.05, 0.1) is 4.88 Å². The lowest BCUT2D eigenvalue weighted by Gasteiger charge is -2.28. The lowest BCUT2D eigenvalue weighted by Crippen LogP contribution is -2.51. The van der Waals surface area contributed by atoms with Crippen molar-refractivity contribution in [2.24, 2.45) is 5.73 Å². The van der Waals surface area contributed by atoms with Gasteiger partial charge in [0.15, 0.2) is 0 Å². The van der Waals surface area contributed by atoms with Crippen LogP contribution >= 0.6 is 23.7 Å². The third kappa shape index (κ3) is 6.34. The number of hydrogen-bond acceptors (Lipinski definition) is 4. The van der Waals surface area contributed by atoms with Gasteiger partial charge in [-0.15, -0.1) is 23.7 Å². The largest absolute Gasteiger partial charge is 0.352 e. The first-order valence-corrected chi connectivity index (χ1v) is 9.94. The smallest absolute Gasteiger partial charge is 0.262 e. The Hall–Kier alpha value is -1.89. The maximum Gasteiger partial charge on any atom is 0.262 e. The molecule has 1 aliphatic rings. The second-order valence-corrected chi connectivity index (χ2v) is 7.76. The van der Waals surface area contributed by atoms with Gasteiger partial charge in [-0.05, 0) is 42.7 Å². The van der Waals surface area contributed by atoms with Gasteiger partial charge in [0.1, 0.15) is 6.04 Å². The molecule has 1 aromatic heterocycles. The molecule has 7 heteroatoms. The summed E-state index contributed by atoms with van der Waals surface area (Å²) in [5.74, 6) is -0.332. The van der Waals surface area contributed by atoms with Crippen molar-refractivity contribution in [3.05, 3.63) is 58.3 Å². The molecule has 146 valence electrons. The van der Waals surface area contributed by atoms with Crippen LogP contribution in [-0.4, -0.2) is 29.9 Å². The van der Waals surface area contributed by atoms with Crippen molar-refractivity contribution in [3.8, 4) is 0 Å². The molecule has 1 heterocycles. The van der Waals surface area contributed by atoms with Gasteiger partial charge in [-0.25, -0.2) is 0 Å². The van der Waals surface area contributed by atoms with E-state index in [2.05, 4.69) is 10.6 Å². The highest BCUT2D eigenvalue weighted by molar-refractivity contribution is 7.12. The normalized spacial score (nSPS) is 20.2. The molecule has 1 aliphatic carbocycles. The number of rotatable bonds is 6. The predicted octanol–water partition coefficient (Wildman–Crippen LogP) is 2.90. The molecule has 5 nitrogen and oxygen atoms in total. The second kappa shape index (κ2) is 10.4. The quantitative estimate of drug-likeness (QED) is 0.688. The van der Waals surface area contributed by atoms with Crippen molar-refractivity contribution in [1.82, 2.24) is 10.6 Å². The van der Waals surface area contributed by atoms with Crippen LogP contribution in [0, 0.1) is 0 Å². The summed E-state index contributed by atoms with van der Waals surface area (Å²) in [4.78, 5) is 25.9. The Morgan fingerprint density at radius 1 is 1.07 bits per heavy atom. The van der Waals surface area contributed by atoms with Crippen molar-refractivity contribution in [3.63, 3.8) is 0 Å². The average molecular weight is 408 g/mol. The zero-order valence-electron chi connectivity index (χ0n) is 15.1. The van der Waals surface area contributed by atoms with Gasteiger partial charge in [-0.3, -0.25) is 9.59 Å². The lowest BCUT2D eigenvalue weighted by molar-refractivity contribution is -0.123. The van der Waals surface area contributed by atoms with Crippen molar-refractivity contribution in [2.75, 3.05) is 0 Å². The highest BCUT2D eigenvalue weighted by Gasteiger charge is 2.26. The standard InChI is InChI=1S/C20H25N3O2S.ClH/c21-15-8-10-16(11-9-15)22-19(24)17(13-14-5-2-1-3-6-14)23-20(25)18-7-4-12-26-18;/h1-7,12,15-17H,8-11,13,21H2,(H,22,24)(H,23,25);1H. The van der Waals surface area contributed by atoms with E-state index in [0.29, 0.717) is 11.3 Å². The summed E-state index contributed by atoms with van der Waals surface area (Å²) in [5, 5.41) is 7.86. The molecular weight excluding hydrogens is 382 g/mol. The van der Waals surface area contributed by atoms with E-state index in [1.165, 1.54) is 11.3 Å². The molecule has 1 aromatic carbocycles. The van der Waals surface area contributed by atoms with E-state index in [0.717, 1.165) is 31.2 Å². The lowest BCUT2D eigenvalue weighted by atomic mass is 9.91. The Morgan fingerprint density at radius 3 is 2.41 bits per heavy atom. The first-order valence-electron chi connectivity index (χ1n) is 9.06. The van der Waals surface area contributed by atoms with Crippen LogP contribution in [-0.2, 0) is 11.2 Å². The van der Waals surface area contributed by atoms with E-state index in [4.69, 9.17) is 5.73 Å². The molecule has 0 bridgehead atoms. The molecule has 1 fully saturated rings. The molecule has 0 saturated heterocycles. The number of halogens is 1. The Labute approximate surface area is 170 Å². The van der Waals surface area contributed by atoms with E-state index < -0.39 is 6.04 Å². The first-order chi connectivity index (χ1) is 12.6. The van der Waals surface area contributed by atoms with E-state index in [1.807, 2.05) is 41.8 Å². The molecule has 1 saturated carbocycles. The highest BCUT2D eigenvalue weighted by atomic mass is 35.5. The molecule has 1 unspecified atom stereocenters. The maximum atomic E-state index is 12.8. The maximum absolute atomic E-state index is 12.8. The summed E-state index contributed by atoms with van der Waals surface area (Å²) in [6, 6.07) is 13.1. The van der Waals surface area contributed by atoms with Gasteiger partial charge in [0.2, 0.25) is 5.91 Å². The summed E-state index contributed by atoms with van der Waals surface area (Å²) >= 11 is 1.37. The Morgan fingerprint density at radius 2 is 1.78 bits per heavy atom. The predicted molar refractivity (Wildman–Crippen MR) is 111 cm³/mol. The molecule has 1 atom stereocenters. The van der Waals surface area contributed by atoms with Gasteiger partial charge in [-0.1, -0.05) is 36.4 Å². The number of nitrogens with two attached hydrogens (primary N) is 1. The number of nitrogens with one attached hydrogen (secondary N) is 2. The summed E-state index contributed by atoms with van der Waals surface area (Å²) in [5.41, 5.74) is 6.96. The fraction of sp³-hybridized carbons (Fsp3) is 0.400. The van der Waals surface area contributed by atoms with E-state index in [9.17, 15) is 9.59 Å². The summed E-state index contributed by atoms with van der Waals surface area (Å²) < 4.78 is 0. The Bertz CT molecular complexity index is 716. The highest BCUT2D eigenvalue weighted by Crippen LogP contribution is 2.17. The van der Waals surface area contributed by atoms with E-state index in [1.54, 1.807) is 6.07 Å². The molecule has 2 aromatic rings. The molecular formula is C20H26ClN3O2S. The van der Waals surface area contributed by atoms with Crippen molar-refractivity contribution in [2.45, 2.75) is 50.2 Å². The third-order valence-corrected chi connectivity index (χ3v) is 5.64. The number of benzene rings is 1. The fourth-order valence-corrected chi connectivity index (χ4v) is 3.89. The number of carbonyl (C=O) groups excluding carboxylic acids is 2. The van der Waals surface area contributed by atoms with E-state index in [-0.39, 0.29) is 36.3 Å². The van der Waals surface area contributed by atoms with Crippen molar-refractivity contribution in [1.29, 1.82) is 0 Å². The van der Waals surface area contributed by atoms with Crippen LogP contribution in [0.1, 0.15) is 40.9 Å². The van der Waals surface area contributed by atoms with Gasteiger partial charge >= 0.3 is 0 Å². The Balaban J connectivity index is 0.00000261. The van der Waals surface area contributed by atoms with Gasteiger partial charge in [0.25, 0.3) is 5.91 Å². The topological polar surface area (TPSA) is 84.2 Å². The summed E-state index contributed by atoms with van der Waals surface area (Å²) in [7, 11) is 0. The van der Waals surface area contributed by atoms with Crippen molar-refractivity contribution < 1.29 is 9.59 Å². The van der Waals surface area contributed by atoms with Crippen LogP contribution in [0.4, 0.5) is 0 Å². The molecule has 0 spiro atoms. The van der Waals surface area contributed by atoms with Crippen molar-refractivity contribution >= 4 is 35.6 Å². The fourth-order valence-electron chi connectivity index (χ4n) is 3.26. The van der Waals surface area contributed by atoms with Crippen LogP contribution in [0.3, 0.4) is 0 Å². The third-order valence-electron chi connectivity index (χ3n) is 4.77.